The van der Waals surface area contributed by atoms with Gasteiger partial charge in [-0.3, -0.25) is 4.79 Å². The summed E-state index contributed by atoms with van der Waals surface area (Å²) in [6, 6.07) is 4.88. The first kappa shape index (κ1) is 9.14. The number of hydrogen-bond donors (Lipinski definition) is 2. The van der Waals surface area contributed by atoms with Gasteiger partial charge in [0.25, 0.3) is 0 Å². The molecule has 0 saturated heterocycles. The molecule has 0 spiro atoms. The smallest absolute Gasteiger partial charge is 0.207 e. The van der Waals surface area contributed by atoms with E-state index in [-0.39, 0.29) is 5.75 Å². The third-order valence-corrected chi connectivity index (χ3v) is 1.63. The predicted octanol–water partition coefficient (Wildman–Crippen LogP) is 0.619. The Morgan fingerprint density at radius 3 is 2.92 bits per heavy atom. The van der Waals surface area contributed by atoms with Crippen molar-refractivity contribution in [2.24, 2.45) is 0 Å². The molecule has 1 aromatic rings. The van der Waals surface area contributed by atoms with E-state index in [0.29, 0.717) is 24.1 Å². The second-order valence-electron chi connectivity index (χ2n) is 2.49. The van der Waals surface area contributed by atoms with Crippen LogP contribution in [0.3, 0.4) is 0 Å². The van der Waals surface area contributed by atoms with Crippen LogP contribution in [0.1, 0.15) is 11.1 Å². The van der Waals surface area contributed by atoms with Crippen molar-refractivity contribution in [3.05, 3.63) is 29.3 Å². The molecule has 0 unspecified atom stereocenters. The molecule has 66 valence electrons. The van der Waals surface area contributed by atoms with Gasteiger partial charge in [0, 0.05) is 17.7 Å². The van der Waals surface area contributed by atoms with Gasteiger partial charge in [-0.15, -0.1) is 6.42 Å². The van der Waals surface area contributed by atoms with E-state index in [4.69, 9.17) is 6.42 Å². The first-order valence-electron chi connectivity index (χ1n) is 3.73. The normalized spacial score (nSPS) is 8.85. The highest BCUT2D eigenvalue weighted by Gasteiger charge is 2.00. The zero-order chi connectivity index (χ0) is 9.68. The summed E-state index contributed by atoms with van der Waals surface area (Å²) in [5.41, 5.74) is 1.26. The Balaban J connectivity index is 2.86. The maximum atomic E-state index is 9.99. The molecule has 0 bridgehead atoms. The van der Waals surface area contributed by atoms with Gasteiger partial charge >= 0.3 is 0 Å². The van der Waals surface area contributed by atoms with Gasteiger partial charge in [-0.05, 0) is 12.1 Å². The molecule has 0 aliphatic carbocycles. The van der Waals surface area contributed by atoms with E-state index in [9.17, 15) is 9.90 Å². The Morgan fingerprint density at radius 2 is 2.38 bits per heavy atom. The highest BCUT2D eigenvalue weighted by molar-refractivity contribution is 5.48. The number of rotatable bonds is 3. The van der Waals surface area contributed by atoms with Gasteiger partial charge in [0.1, 0.15) is 5.75 Å². The summed E-state index contributed by atoms with van der Waals surface area (Å²) in [6.07, 6.45) is 5.71. The Kier molecular flexibility index (Phi) is 2.93. The van der Waals surface area contributed by atoms with Gasteiger partial charge in [0.15, 0.2) is 0 Å². The average Bonchev–Trinajstić information content (AvgIpc) is 2.16. The lowest BCUT2D eigenvalue weighted by Crippen LogP contribution is -2.09. The van der Waals surface area contributed by atoms with Crippen LogP contribution >= 0.6 is 0 Å². The molecule has 0 atom stereocenters. The number of benzene rings is 1. The number of amides is 1. The standard InChI is InChI=1S/C10H9NO2/c1-2-8-3-4-9(6-11-7-12)10(13)5-8/h1,3-5,7,13H,6H2,(H,11,12). The lowest BCUT2D eigenvalue weighted by molar-refractivity contribution is -0.109. The van der Waals surface area contributed by atoms with Crippen LogP contribution in [0.4, 0.5) is 0 Å². The van der Waals surface area contributed by atoms with E-state index >= 15 is 0 Å². The SMILES string of the molecule is C#Cc1ccc(CNC=O)c(O)c1. The van der Waals surface area contributed by atoms with Crippen LogP contribution in [-0.4, -0.2) is 11.5 Å². The monoisotopic (exact) mass is 175 g/mol. The van der Waals surface area contributed by atoms with Crippen molar-refractivity contribution in [1.82, 2.24) is 5.32 Å². The van der Waals surface area contributed by atoms with Crippen molar-refractivity contribution < 1.29 is 9.90 Å². The van der Waals surface area contributed by atoms with E-state index in [1.54, 1.807) is 12.1 Å². The van der Waals surface area contributed by atoms with Crippen molar-refractivity contribution in [2.45, 2.75) is 6.54 Å². The van der Waals surface area contributed by atoms with Crippen LogP contribution in [-0.2, 0) is 11.3 Å². The van der Waals surface area contributed by atoms with E-state index < -0.39 is 0 Å². The Labute approximate surface area is 76.4 Å². The topological polar surface area (TPSA) is 49.3 Å². The van der Waals surface area contributed by atoms with E-state index in [2.05, 4.69) is 11.2 Å². The summed E-state index contributed by atoms with van der Waals surface area (Å²) in [5.74, 6) is 2.50. The van der Waals surface area contributed by atoms with Crippen molar-refractivity contribution in [3.63, 3.8) is 0 Å². The lowest BCUT2D eigenvalue weighted by Gasteiger charge is -2.03. The third kappa shape index (κ3) is 2.24. The number of phenols is 1. The molecule has 1 rings (SSSR count). The van der Waals surface area contributed by atoms with E-state index in [1.807, 2.05) is 0 Å². The first-order valence-corrected chi connectivity index (χ1v) is 3.73. The summed E-state index contributed by atoms with van der Waals surface area (Å²) in [6.45, 7) is 0.306. The molecule has 1 amide bonds. The zero-order valence-corrected chi connectivity index (χ0v) is 6.95. The second kappa shape index (κ2) is 4.17. The number of terminal acetylenes is 1. The lowest BCUT2D eigenvalue weighted by atomic mass is 10.1. The van der Waals surface area contributed by atoms with Gasteiger partial charge in [0.05, 0.1) is 0 Å². The second-order valence-corrected chi connectivity index (χ2v) is 2.49. The predicted molar refractivity (Wildman–Crippen MR) is 48.9 cm³/mol. The van der Waals surface area contributed by atoms with Gasteiger partial charge in [-0.1, -0.05) is 12.0 Å². The highest BCUT2D eigenvalue weighted by atomic mass is 16.3. The summed E-state index contributed by atoms with van der Waals surface area (Å²) < 4.78 is 0. The molecule has 0 aliphatic rings. The molecule has 0 fully saturated rings. The highest BCUT2D eigenvalue weighted by Crippen LogP contribution is 2.17. The number of nitrogens with one attached hydrogen (secondary N) is 1. The fourth-order valence-electron chi connectivity index (χ4n) is 0.955. The largest absolute Gasteiger partial charge is 0.508 e. The Bertz CT molecular complexity index is 352. The minimum atomic E-state index is 0.102. The molecule has 3 heteroatoms. The molecular formula is C10H9NO2. The van der Waals surface area contributed by atoms with Gasteiger partial charge in [-0.25, -0.2) is 0 Å². The molecular weight excluding hydrogens is 166 g/mol. The van der Waals surface area contributed by atoms with Crippen molar-refractivity contribution in [1.29, 1.82) is 0 Å². The molecule has 0 radical (unpaired) electrons. The minimum Gasteiger partial charge on any atom is -0.508 e. The number of aromatic hydroxyl groups is 1. The number of phenolic OH excluding ortho intramolecular Hbond substituents is 1. The average molecular weight is 175 g/mol. The van der Waals surface area contributed by atoms with Gasteiger partial charge in [0.2, 0.25) is 6.41 Å². The maximum Gasteiger partial charge on any atom is 0.207 e. The van der Waals surface area contributed by atoms with E-state index in [0.717, 1.165) is 0 Å². The fraction of sp³-hybridized carbons (Fsp3) is 0.100. The number of hydrogen-bond acceptors (Lipinski definition) is 2. The van der Waals surface area contributed by atoms with Crippen LogP contribution in [0.25, 0.3) is 0 Å². The molecule has 2 N–H and O–H groups in total. The zero-order valence-electron chi connectivity index (χ0n) is 6.95. The van der Waals surface area contributed by atoms with Crippen molar-refractivity contribution in [2.75, 3.05) is 0 Å². The third-order valence-electron chi connectivity index (χ3n) is 1.63. The number of carbonyl (C=O) groups is 1. The number of carbonyl (C=O) groups excluding carboxylic acids is 1. The molecule has 0 saturated carbocycles. The minimum absolute atomic E-state index is 0.102. The fourth-order valence-corrected chi connectivity index (χ4v) is 0.955. The molecule has 13 heavy (non-hydrogen) atoms. The molecule has 0 aromatic heterocycles. The van der Waals surface area contributed by atoms with Gasteiger partial charge in [-0.2, -0.15) is 0 Å². The molecule has 0 aliphatic heterocycles. The van der Waals surface area contributed by atoms with Crippen molar-refractivity contribution >= 4 is 6.41 Å². The van der Waals surface area contributed by atoms with Crippen molar-refractivity contribution in [3.8, 4) is 18.1 Å². The van der Waals surface area contributed by atoms with Crippen LogP contribution in [0.15, 0.2) is 18.2 Å². The summed E-state index contributed by atoms with van der Waals surface area (Å²) in [5, 5.41) is 11.8. The quantitative estimate of drug-likeness (QED) is 0.522. The maximum absolute atomic E-state index is 9.99. The summed E-state index contributed by atoms with van der Waals surface area (Å²) in [7, 11) is 0. The Morgan fingerprint density at radius 1 is 1.62 bits per heavy atom. The molecule has 3 nitrogen and oxygen atoms in total. The molecule has 1 aromatic carbocycles. The summed E-state index contributed by atoms with van der Waals surface area (Å²) in [4.78, 5) is 9.99. The van der Waals surface area contributed by atoms with Crippen LogP contribution in [0.5, 0.6) is 5.75 Å². The van der Waals surface area contributed by atoms with Gasteiger partial charge < -0.3 is 10.4 Å². The molecule has 0 heterocycles. The van der Waals surface area contributed by atoms with Crippen LogP contribution in [0.2, 0.25) is 0 Å². The first-order chi connectivity index (χ1) is 6.27. The van der Waals surface area contributed by atoms with E-state index in [1.165, 1.54) is 6.07 Å². The Hall–Kier alpha value is -1.95. The van der Waals surface area contributed by atoms with Crippen LogP contribution < -0.4 is 5.32 Å². The van der Waals surface area contributed by atoms with Crippen LogP contribution in [0, 0.1) is 12.3 Å². The summed E-state index contributed by atoms with van der Waals surface area (Å²) >= 11 is 0.